The molecule has 3 aromatic rings. The van der Waals surface area contributed by atoms with Crippen LogP contribution in [0.1, 0.15) is 50.2 Å². The van der Waals surface area contributed by atoms with Gasteiger partial charge in [-0.3, -0.25) is 0 Å². The van der Waals surface area contributed by atoms with Crippen LogP contribution in [0.3, 0.4) is 0 Å². The molecule has 4 heterocycles. The van der Waals surface area contributed by atoms with Gasteiger partial charge in [0.25, 0.3) is 0 Å². The molecule has 6 nitrogen and oxygen atoms in total. The van der Waals surface area contributed by atoms with Crippen LogP contribution >= 0.6 is 11.3 Å². The summed E-state index contributed by atoms with van der Waals surface area (Å²) in [4.78, 5) is 16.8. The third kappa shape index (κ3) is 2.69. The molecule has 1 fully saturated rings. The zero-order valence-corrected chi connectivity index (χ0v) is 14.1. The molecule has 120 valence electrons. The number of thiophene rings is 1. The standard InChI is InChI=1S/C16H19N5OS/c1-10(2)15-19-13(20-22-15)11-4-3-6-21(8-11)14-12-5-7-23-16(12)18-9-17-14/h5,7,9-11H,3-4,6,8H2,1-2H3/t11-/m1/s1. The number of aromatic nitrogens is 4. The van der Waals surface area contributed by atoms with Gasteiger partial charge in [0.2, 0.25) is 5.89 Å². The summed E-state index contributed by atoms with van der Waals surface area (Å²) in [5.41, 5.74) is 0. The maximum Gasteiger partial charge on any atom is 0.229 e. The maximum absolute atomic E-state index is 5.37. The lowest BCUT2D eigenvalue weighted by molar-refractivity contribution is 0.354. The van der Waals surface area contributed by atoms with Gasteiger partial charge in [0.05, 0.1) is 5.39 Å². The van der Waals surface area contributed by atoms with Gasteiger partial charge < -0.3 is 9.42 Å². The largest absolute Gasteiger partial charge is 0.355 e. The molecule has 0 aromatic carbocycles. The second-order valence-electron chi connectivity index (χ2n) is 6.27. The highest BCUT2D eigenvalue weighted by Gasteiger charge is 2.27. The molecule has 0 spiro atoms. The molecule has 0 N–H and O–H groups in total. The first-order valence-corrected chi connectivity index (χ1v) is 8.87. The lowest BCUT2D eigenvalue weighted by Crippen LogP contribution is -2.35. The lowest BCUT2D eigenvalue weighted by atomic mass is 9.97. The van der Waals surface area contributed by atoms with Crippen LogP contribution in [0.2, 0.25) is 0 Å². The molecular weight excluding hydrogens is 310 g/mol. The third-order valence-corrected chi connectivity index (χ3v) is 5.10. The topological polar surface area (TPSA) is 67.9 Å². The molecule has 0 amide bonds. The molecule has 1 saturated heterocycles. The van der Waals surface area contributed by atoms with Gasteiger partial charge in [-0.25, -0.2) is 9.97 Å². The van der Waals surface area contributed by atoms with E-state index in [1.807, 2.05) is 0 Å². The van der Waals surface area contributed by atoms with Crippen molar-refractivity contribution in [3.05, 3.63) is 29.5 Å². The van der Waals surface area contributed by atoms with Crippen molar-refractivity contribution >= 4 is 27.4 Å². The molecule has 0 aliphatic carbocycles. The van der Waals surface area contributed by atoms with Crippen molar-refractivity contribution in [3.8, 4) is 0 Å². The molecule has 1 aliphatic heterocycles. The zero-order chi connectivity index (χ0) is 15.8. The fourth-order valence-electron chi connectivity index (χ4n) is 3.06. The summed E-state index contributed by atoms with van der Waals surface area (Å²) in [7, 11) is 0. The van der Waals surface area contributed by atoms with Crippen LogP contribution in [0.4, 0.5) is 5.82 Å². The van der Waals surface area contributed by atoms with Crippen molar-refractivity contribution in [1.82, 2.24) is 20.1 Å². The first-order chi connectivity index (χ1) is 11.2. The van der Waals surface area contributed by atoms with Gasteiger partial charge in [-0.05, 0) is 24.3 Å². The average molecular weight is 329 g/mol. The maximum atomic E-state index is 5.37. The van der Waals surface area contributed by atoms with Crippen LogP contribution in [0, 0.1) is 0 Å². The predicted molar refractivity (Wildman–Crippen MR) is 90.0 cm³/mol. The molecule has 0 saturated carbocycles. The molecule has 4 rings (SSSR count). The number of fused-ring (bicyclic) bond motifs is 1. The van der Waals surface area contributed by atoms with E-state index in [-0.39, 0.29) is 5.92 Å². The fourth-order valence-corrected chi connectivity index (χ4v) is 3.78. The van der Waals surface area contributed by atoms with E-state index in [9.17, 15) is 0 Å². The second kappa shape index (κ2) is 5.88. The van der Waals surface area contributed by atoms with E-state index < -0.39 is 0 Å². The molecule has 0 unspecified atom stereocenters. The van der Waals surface area contributed by atoms with Crippen LogP contribution in [0.5, 0.6) is 0 Å². The van der Waals surface area contributed by atoms with Crippen LogP contribution in [0.25, 0.3) is 10.2 Å². The van der Waals surface area contributed by atoms with Crippen molar-refractivity contribution in [2.45, 2.75) is 38.5 Å². The Labute approximate surface area is 138 Å². The Morgan fingerprint density at radius 3 is 3.09 bits per heavy atom. The average Bonchev–Trinajstić information content (AvgIpc) is 3.24. The summed E-state index contributed by atoms with van der Waals surface area (Å²) in [6, 6.07) is 2.10. The Morgan fingerprint density at radius 1 is 1.35 bits per heavy atom. The Balaban J connectivity index is 1.60. The van der Waals surface area contributed by atoms with Crippen LogP contribution < -0.4 is 4.90 Å². The predicted octanol–water partition coefficient (Wildman–Crippen LogP) is 3.58. The van der Waals surface area contributed by atoms with E-state index in [4.69, 9.17) is 4.52 Å². The quantitative estimate of drug-likeness (QED) is 0.731. The van der Waals surface area contributed by atoms with Gasteiger partial charge in [0, 0.05) is 24.9 Å². The summed E-state index contributed by atoms with van der Waals surface area (Å²) < 4.78 is 5.37. The van der Waals surface area contributed by atoms with Gasteiger partial charge in [0.1, 0.15) is 17.0 Å². The van der Waals surface area contributed by atoms with E-state index in [0.717, 1.165) is 53.7 Å². The zero-order valence-electron chi connectivity index (χ0n) is 13.3. The summed E-state index contributed by atoms with van der Waals surface area (Å²) >= 11 is 1.65. The summed E-state index contributed by atoms with van der Waals surface area (Å²) in [6.07, 6.45) is 3.85. The minimum Gasteiger partial charge on any atom is -0.355 e. The van der Waals surface area contributed by atoms with Gasteiger partial charge in [0.15, 0.2) is 5.82 Å². The molecule has 0 radical (unpaired) electrons. The lowest BCUT2D eigenvalue weighted by Gasteiger charge is -2.32. The van der Waals surface area contributed by atoms with Crippen LogP contribution in [0.15, 0.2) is 22.3 Å². The monoisotopic (exact) mass is 329 g/mol. The Hall–Kier alpha value is -2.02. The van der Waals surface area contributed by atoms with Gasteiger partial charge >= 0.3 is 0 Å². The van der Waals surface area contributed by atoms with E-state index in [0.29, 0.717) is 5.92 Å². The Kier molecular flexibility index (Phi) is 3.72. The van der Waals surface area contributed by atoms with Gasteiger partial charge in [-0.15, -0.1) is 11.3 Å². The minimum atomic E-state index is 0.267. The Bertz CT molecular complexity index is 812. The molecule has 23 heavy (non-hydrogen) atoms. The molecule has 7 heteroatoms. The number of anilines is 1. The smallest absolute Gasteiger partial charge is 0.229 e. The summed E-state index contributed by atoms with van der Waals surface area (Å²) in [6.45, 7) is 6.02. The van der Waals surface area contributed by atoms with E-state index in [1.54, 1.807) is 17.7 Å². The number of nitrogens with zero attached hydrogens (tertiary/aromatic N) is 5. The molecule has 1 aliphatic rings. The summed E-state index contributed by atoms with van der Waals surface area (Å²) in [5.74, 6) is 3.13. The molecule has 0 bridgehead atoms. The van der Waals surface area contributed by atoms with Crippen molar-refractivity contribution in [2.24, 2.45) is 0 Å². The number of hydrogen-bond donors (Lipinski definition) is 0. The number of piperidine rings is 1. The highest BCUT2D eigenvalue weighted by molar-refractivity contribution is 7.16. The van der Waals surface area contributed by atoms with Crippen molar-refractivity contribution in [1.29, 1.82) is 0 Å². The molecular formula is C16H19N5OS. The third-order valence-electron chi connectivity index (χ3n) is 4.28. The first kappa shape index (κ1) is 14.6. The van der Waals surface area contributed by atoms with Crippen LogP contribution in [-0.4, -0.2) is 33.2 Å². The van der Waals surface area contributed by atoms with Crippen molar-refractivity contribution < 1.29 is 4.52 Å². The number of hydrogen-bond acceptors (Lipinski definition) is 7. The van der Waals surface area contributed by atoms with Gasteiger partial charge in [-0.2, -0.15) is 4.98 Å². The van der Waals surface area contributed by atoms with Gasteiger partial charge in [-0.1, -0.05) is 19.0 Å². The second-order valence-corrected chi connectivity index (χ2v) is 7.16. The molecule has 3 aromatic heterocycles. The van der Waals surface area contributed by atoms with Crippen LogP contribution in [-0.2, 0) is 0 Å². The van der Waals surface area contributed by atoms with Crippen molar-refractivity contribution in [2.75, 3.05) is 18.0 Å². The fraction of sp³-hybridized carbons (Fsp3) is 0.500. The van der Waals surface area contributed by atoms with E-state index in [2.05, 4.69) is 50.3 Å². The van der Waals surface area contributed by atoms with E-state index in [1.165, 1.54) is 0 Å². The Morgan fingerprint density at radius 2 is 2.26 bits per heavy atom. The van der Waals surface area contributed by atoms with E-state index >= 15 is 0 Å². The summed E-state index contributed by atoms with van der Waals surface area (Å²) in [5, 5.41) is 7.40. The minimum absolute atomic E-state index is 0.267. The number of rotatable bonds is 3. The highest BCUT2D eigenvalue weighted by Crippen LogP contribution is 2.32. The highest BCUT2D eigenvalue weighted by atomic mass is 32.1. The first-order valence-electron chi connectivity index (χ1n) is 7.99. The van der Waals surface area contributed by atoms with Crippen molar-refractivity contribution in [3.63, 3.8) is 0 Å². The normalized spacial score (nSPS) is 18.9. The SMILES string of the molecule is CC(C)c1nc([C@@H]2CCCN(c3ncnc4sccc34)C2)no1. The molecule has 1 atom stereocenters.